The molecule has 1 aromatic rings. The number of phenols is 1. The third-order valence-electron chi connectivity index (χ3n) is 1.66. The maximum Gasteiger partial charge on any atom is 0.245 e. The number of nitrogens with one attached hydrogen (secondary N) is 2. The summed E-state index contributed by atoms with van der Waals surface area (Å²) in [5.74, 6) is -0.780. The molecule has 80 valence electrons. The first kappa shape index (κ1) is 11.0. The predicted octanol–water partition coefficient (Wildman–Crippen LogP) is 0.467. The summed E-state index contributed by atoms with van der Waals surface area (Å²) in [5, 5.41) is 14.2. The number of carbonyl (C=O) groups is 2. The van der Waals surface area contributed by atoms with Gasteiger partial charge in [-0.2, -0.15) is 0 Å². The van der Waals surface area contributed by atoms with E-state index in [0.717, 1.165) is 0 Å². The molecule has 0 atom stereocenters. The molecule has 0 spiro atoms. The lowest BCUT2D eigenvalue weighted by Gasteiger charge is -2.06. The van der Waals surface area contributed by atoms with Crippen molar-refractivity contribution in [1.29, 1.82) is 0 Å². The molecule has 0 unspecified atom stereocenters. The van der Waals surface area contributed by atoms with Gasteiger partial charge in [0.1, 0.15) is 5.75 Å². The van der Waals surface area contributed by atoms with E-state index in [0.29, 0.717) is 5.69 Å². The summed E-state index contributed by atoms with van der Waals surface area (Å²) in [7, 11) is 0. The SMILES string of the molecule is CC(=O)NC(=O)CNc1ccccc1O. The van der Waals surface area contributed by atoms with E-state index in [1.807, 2.05) is 0 Å². The summed E-state index contributed by atoms with van der Waals surface area (Å²) in [6.45, 7) is 1.20. The third-order valence-corrected chi connectivity index (χ3v) is 1.66. The maximum absolute atomic E-state index is 11.1. The molecule has 0 radical (unpaired) electrons. The molecule has 0 aliphatic rings. The Bertz CT molecular complexity index is 377. The highest BCUT2D eigenvalue weighted by Crippen LogP contribution is 2.20. The number of imide groups is 1. The van der Waals surface area contributed by atoms with Crippen LogP contribution in [-0.4, -0.2) is 23.5 Å². The Kier molecular flexibility index (Phi) is 3.68. The lowest BCUT2D eigenvalue weighted by Crippen LogP contribution is -2.33. The van der Waals surface area contributed by atoms with Crippen molar-refractivity contribution in [1.82, 2.24) is 5.32 Å². The number of rotatable bonds is 3. The van der Waals surface area contributed by atoms with Crippen LogP contribution in [0, 0.1) is 0 Å². The van der Waals surface area contributed by atoms with Gasteiger partial charge in [0.2, 0.25) is 11.8 Å². The molecule has 0 bridgehead atoms. The van der Waals surface area contributed by atoms with Gasteiger partial charge in [-0.25, -0.2) is 0 Å². The number of aromatic hydroxyl groups is 1. The number of hydrogen-bond donors (Lipinski definition) is 3. The summed E-state index contributed by atoms with van der Waals surface area (Å²) < 4.78 is 0. The highest BCUT2D eigenvalue weighted by molar-refractivity contribution is 5.96. The fourth-order valence-corrected chi connectivity index (χ4v) is 1.04. The normalized spacial score (nSPS) is 9.40. The molecule has 5 nitrogen and oxygen atoms in total. The zero-order valence-corrected chi connectivity index (χ0v) is 8.28. The Hall–Kier alpha value is -2.04. The molecule has 1 aromatic carbocycles. The van der Waals surface area contributed by atoms with Gasteiger partial charge in [0.25, 0.3) is 0 Å². The molecule has 3 N–H and O–H groups in total. The van der Waals surface area contributed by atoms with E-state index in [1.165, 1.54) is 13.0 Å². The smallest absolute Gasteiger partial charge is 0.245 e. The second-order valence-electron chi connectivity index (χ2n) is 2.98. The number of hydrogen-bond acceptors (Lipinski definition) is 4. The predicted molar refractivity (Wildman–Crippen MR) is 55.4 cm³/mol. The lowest BCUT2D eigenvalue weighted by molar-refractivity contribution is -0.128. The fourth-order valence-electron chi connectivity index (χ4n) is 1.04. The molecule has 0 aliphatic heterocycles. The fraction of sp³-hybridized carbons (Fsp3) is 0.200. The topological polar surface area (TPSA) is 78.4 Å². The summed E-state index contributed by atoms with van der Waals surface area (Å²) in [4.78, 5) is 21.6. The Balaban J connectivity index is 2.47. The standard InChI is InChI=1S/C10H12N2O3/c1-7(13)12-10(15)6-11-8-4-2-3-5-9(8)14/h2-5,11,14H,6H2,1H3,(H,12,13,15). The van der Waals surface area contributed by atoms with E-state index < -0.39 is 11.8 Å². The average Bonchev–Trinajstić information content (AvgIpc) is 2.15. The van der Waals surface area contributed by atoms with E-state index in [-0.39, 0.29) is 12.3 Å². The quantitative estimate of drug-likeness (QED) is 0.631. The van der Waals surface area contributed by atoms with Crippen LogP contribution in [0.5, 0.6) is 5.75 Å². The molecule has 0 fully saturated rings. The summed E-state index contributed by atoms with van der Waals surface area (Å²) in [6.07, 6.45) is 0. The second-order valence-corrected chi connectivity index (χ2v) is 2.98. The minimum atomic E-state index is -0.439. The monoisotopic (exact) mass is 208 g/mol. The Morgan fingerprint density at radius 1 is 1.33 bits per heavy atom. The van der Waals surface area contributed by atoms with Crippen molar-refractivity contribution in [2.45, 2.75) is 6.92 Å². The first-order valence-electron chi connectivity index (χ1n) is 4.42. The van der Waals surface area contributed by atoms with Gasteiger partial charge in [0.05, 0.1) is 12.2 Å². The average molecular weight is 208 g/mol. The molecule has 0 heterocycles. The molecular weight excluding hydrogens is 196 g/mol. The maximum atomic E-state index is 11.1. The van der Waals surface area contributed by atoms with Gasteiger partial charge in [0, 0.05) is 6.92 Å². The van der Waals surface area contributed by atoms with E-state index in [9.17, 15) is 14.7 Å². The van der Waals surface area contributed by atoms with E-state index in [4.69, 9.17) is 0 Å². The van der Waals surface area contributed by atoms with Crippen molar-refractivity contribution in [3.05, 3.63) is 24.3 Å². The van der Waals surface area contributed by atoms with Crippen LogP contribution in [0.25, 0.3) is 0 Å². The minimum Gasteiger partial charge on any atom is -0.506 e. The lowest BCUT2D eigenvalue weighted by atomic mass is 10.3. The van der Waals surface area contributed by atoms with Crippen molar-refractivity contribution in [2.75, 3.05) is 11.9 Å². The molecule has 0 saturated heterocycles. The van der Waals surface area contributed by atoms with Crippen LogP contribution in [0.4, 0.5) is 5.69 Å². The molecule has 15 heavy (non-hydrogen) atoms. The van der Waals surface area contributed by atoms with Gasteiger partial charge in [-0.05, 0) is 12.1 Å². The first-order chi connectivity index (χ1) is 7.09. The summed E-state index contributed by atoms with van der Waals surface area (Å²) in [6, 6.07) is 6.54. The van der Waals surface area contributed by atoms with Crippen molar-refractivity contribution >= 4 is 17.5 Å². The van der Waals surface area contributed by atoms with Gasteiger partial charge in [-0.1, -0.05) is 12.1 Å². The number of carbonyl (C=O) groups excluding carboxylic acids is 2. The second kappa shape index (κ2) is 4.99. The number of para-hydroxylation sites is 2. The molecule has 0 aromatic heterocycles. The highest BCUT2D eigenvalue weighted by Gasteiger charge is 2.04. The number of benzene rings is 1. The van der Waals surface area contributed by atoms with Gasteiger partial charge in [-0.15, -0.1) is 0 Å². The molecule has 5 heteroatoms. The molecule has 0 aliphatic carbocycles. The summed E-state index contributed by atoms with van der Waals surface area (Å²) in [5.41, 5.74) is 0.455. The van der Waals surface area contributed by atoms with Crippen LogP contribution in [0.1, 0.15) is 6.92 Å². The Labute approximate surface area is 87.1 Å². The molecule has 1 rings (SSSR count). The van der Waals surface area contributed by atoms with E-state index >= 15 is 0 Å². The van der Waals surface area contributed by atoms with E-state index in [1.54, 1.807) is 18.2 Å². The first-order valence-corrected chi connectivity index (χ1v) is 4.42. The van der Waals surface area contributed by atoms with Crippen LogP contribution >= 0.6 is 0 Å². The zero-order valence-electron chi connectivity index (χ0n) is 8.28. The van der Waals surface area contributed by atoms with Gasteiger partial charge >= 0.3 is 0 Å². The molecule has 2 amide bonds. The van der Waals surface area contributed by atoms with Crippen LogP contribution in [-0.2, 0) is 9.59 Å². The van der Waals surface area contributed by atoms with Crippen molar-refractivity contribution < 1.29 is 14.7 Å². The van der Waals surface area contributed by atoms with Crippen LogP contribution in [0.2, 0.25) is 0 Å². The third kappa shape index (κ3) is 3.68. The molecule has 0 saturated carbocycles. The van der Waals surface area contributed by atoms with Crippen molar-refractivity contribution in [3.8, 4) is 5.75 Å². The Morgan fingerprint density at radius 2 is 2.00 bits per heavy atom. The van der Waals surface area contributed by atoms with Crippen LogP contribution < -0.4 is 10.6 Å². The van der Waals surface area contributed by atoms with Crippen molar-refractivity contribution in [2.24, 2.45) is 0 Å². The zero-order chi connectivity index (χ0) is 11.3. The minimum absolute atomic E-state index is 0.0584. The highest BCUT2D eigenvalue weighted by atomic mass is 16.3. The molecular formula is C10H12N2O3. The Morgan fingerprint density at radius 3 is 2.60 bits per heavy atom. The number of anilines is 1. The van der Waals surface area contributed by atoms with Gasteiger partial charge < -0.3 is 10.4 Å². The van der Waals surface area contributed by atoms with E-state index in [2.05, 4.69) is 10.6 Å². The number of phenolic OH excluding ortho intramolecular Hbond substituents is 1. The van der Waals surface area contributed by atoms with Gasteiger partial charge in [-0.3, -0.25) is 14.9 Å². The van der Waals surface area contributed by atoms with Crippen molar-refractivity contribution in [3.63, 3.8) is 0 Å². The number of amides is 2. The van der Waals surface area contributed by atoms with Crippen LogP contribution in [0.3, 0.4) is 0 Å². The largest absolute Gasteiger partial charge is 0.506 e. The van der Waals surface area contributed by atoms with Crippen LogP contribution in [0.15, 0.2) is 24.3 Å². The summed E-state index contributed by atoms with van der Waals surface area (Å²) >= 11 is 0. The van der Waals surface area contributed by atoms with Gasteiger partial charge in [0.15, 0.2) is 0 Å².